The van der Waals surface area contributed by atoms with Crippen molar-refractivity contribution in [2.24, 2.45) is 5.92 Å². The van der Waals surface area contributed by atoms with Gasteiger partial charge in [-0.2, -0.15) is 0 Å². The molecule has 116 valence electrons. The molecular weight excluding hydrogens is 258 g/mol. The van der Waals surface area contributed by atoms with Gasteiger partial charge < -0.3 is 10.6 Å². The molecule has 0 aliphatic carbocycles. The van der Waals surface area contributed by atoms with Crippen LogP contribution in [0.1, 0.15) is 47.0 Å². The molecule has 0 aromatic rings. The average Bonchev–Trinajstić information content (AvgIpc) is 2.43. The van der Waals surface area contributed by atoms with Gasteiger partial charge in [-0.05, 0) is 26.2 Å². The number of carbonyl (C=O) groups is 3. The van der Waals surface area contributed by atoms with E-state index in [1.54, 1.807) is 13.8 Å². The van der Waals surface area contributed by atoms with Crippen LogP contribution in [-0.4, -0.2) is 42.4 Å². The Bertz CT molecular complexity index is 332. The van der Waals surface area contributed by atoms with Gasteiger partial charge in [0.2, 0.25) is 11.8 Å². The quantitative estimate of drug-likeness (QED) is 0.663. The van der Waals surface area contributed by atoms with E-state index in [0.29, 0.717) is 32.5 Å². The van der Waals surface area contributed by atoms with Gasteiger partial charge in [-0.1, -0.05) is 20.8 Å². The van der Waals surface area contributed by atoms with Gasteiger partial charge in [0.05, 0.1) is 0 Å². The van der Waals surface area contributed by atoms with Gasteiger partial charge in [-0.15, -0.1) is 0 Å². The SMILES string of the molecule is CCCNC(=O)C(CC)C(=O)N(CCC)C(=O)NCC. The minimum absolute atomic E-state index is 0.301. The van der Waals surface area contributed by atoms with Crippen LogP contribution < -0.4 is 10.6 Å². The Morgan fingerprint density at radius 1 is 1.00 bits per heavy atom. The maximum Gasteiger partial charge on any atom is 0.324 e. The fraction of sp³-hybridized carbons (Fsp3) is 0.786. The number of nitrogens with zero attached hydrogens (tertiary/aromatic N) is 1. The van der Waals surface area contributed by atoms with Gasteiger partial charge in [-0.25, -0.2) is 4.79 Å². The Morgan fingerprint density at radius 2 is 1.65 bits per heavy atom. The van der Waals surface area contributed by atoms with Gasteiger partial charge >= 0.3 is 6.03 Å². The first-order valence-corrected chi connectivity index (χ1v) is 7.40. The highest BCUT2D eigenvalue weighted by Gasteiger charge is 2.31. The maximum atomic E-state index is 12.4. The van der Waals surface area contributed by atoms with Crippen molar-refractivity contribution in [2.75, 3.05) is 19.6 Å². The van der Waals surface area contributed by atoms with E-state index in [1.807, 2.05) is 13.8 Å². The lowest BCUT2D eigenvalue weighted by Gasteiger charge is -2.24. The van der Waals surface area contributed by atoms with Crippen LogP contribution in [-0.2, 0) is 9.59 Å². The first kappa shape index (κ1) is 18.4. The molecule has 6 nitrogen and oxygen atoms in total. The predicted molar refractivity (Wildman–Crippen MR) is 78.2 cm³/mol. The molecule has 20 heavy (non-hydrogen) atoms. The molecule has 0 spiro atoms. The lowest BCUT2D eigenvalue weighted by atomic mass is 10.0. The van der Waals surface area contributed by atoms with Crippen LogP contribution in [0.15, 0.2) is 0 Å². The summed E-state index contributed by atoms with van der Waals surface area (Å²) in [5, 5.41) is 5.32. The third-order valence-corrected chi connectivity index (χ3v) is 2.86. The van der Waals surface area contributed by atoms with Crippen molar-refractivity contribution < 1.29 is 14.4 Å². The Hall–Kier alpha value is -1.59. The summed E-state index contributed by atoms with van der Waals surface area (Å²) in [4.78, 5) is 37.4. The summed E-state index contributed by atoms with van der Waals surface area (Å²) in [6.07, 6.45) is 1.86. The number of amides is 4. The van der Waals surface area contributed by atoms with Crippen LogP contribution in [0.4, 0.5) is 4.79 Å². The average molecular weight is 285 g/mol. The van der Waals surface area contributed by atoms with Gasteiger partial charge in [0.1, 0.15) is 5.92 Å². The highest BCUT2D eigenvalue weighted by molar-refractivity contribution is 6.06. The first-order valence-electron chi connectivity index (χ1n) is 7.40. The monoisotopic (exact) mass is 285 g/mol. The third-order valence-electron chi connectivity index (χ3n) is 2.86. The largest absolute Gasteiger partial charge is 0.355 e. The van der Waals surface area contributed by atoms with Crippen LogP contribution in [0.3, 0.4) is 0 Å². The summed E-state index contributed by atoms with van der Waals surface area (Å²) in [6.45, 7) is 8.71. The fourth-order valence-electron chi connectivity index (χ4n) is 1.81. The topological polar surface area (TPSA) is 78.5 Å². The molecule has 1 unspecified atom stereocenters. The molecule has 0 bridgehead atoms. The Morgan fingerprint density at radius 3 is 2.10 bits per heavy atom. The zero-order valence-corrected chi connectivity index (χ0v) is 13.0. The third kappa shape index (κ3) is 5.59. The van der Waals surface area contributed by atoms with Gasteiger partial charge in [-0.3, -0.25) is 14.5 Å². The van der Waals surface area contributed by atoms with Gasteiger partial charge in [0.25, 0.3) is 0 Å². The van der Waals surface area contributed by atoms with Crippen LogP contribution >= 0.6 is 0 Å². The normalized spacial score (nSPS) is 11.6. The fourth-order valence-corrected chi connectivity index (χ4v) is 1.81. The summed E-state index contributed by atoms with van der Waals surface area (Å²) in [6, 6.07) is -0.430. The van der Waals surface area contributed by atoms with E-state index >= 15 is 0 Å². The summed E-state index contributed by atoms with van der Waals surface area (Å²) in [5.74, 6) is -1.52. The molecule has 6 heteroatoms. The highest BCUT2D eigenvalue weighted by atomic mass is 16.2. The Labute approximate surface area is 121 Å². The molecule has 0 saturated carbocycles. The number of hydrogen-bond acceptors (Lipinski definition) is 3. The second kappa shape index (κ2) is 10.2. The molecular formula is C14H27N3O3. The molecule has 0 aliphatic rings. The Balaban J connectivity index is 4.90. The zero-order chi connectivity index (χ0) is 15.5. The smallest absolute Gasteiger partial charge is 0.324 e. The van der Waals surface area contributed by atoms with Crippen molar-refractivity contribution >= 4 is 17.8 Å². The van der Waals surface area contributed by atoms with Crippen molar-refractivity contribution in [1.82, 2.24) is 15.5 Å². The lowest BCUT2D eigenvalue weighted by Crippen LogP contribution is -2.49. The van der Waals surface area contributed by atoms with E-state index in [2.05, 4.69) is 10.6 Å². The second-order valence-corrected chi connectivity index (χ2v) is 4.58. The predicted octanol–water partition coefficient (Wildman–Crippen LogP) is 1.51. The van der Waals surface area contributed by atoms with E-state index in [1.165, 1.54) is 0 Å². The van der Waals surface area contributed by atoms with Crippen LogP contribution in [0, 0.1) is 5.92 Å². The number of hydrogen-bond donors (Lipinski definition) is 2. The molecule has 0 aromatic heterocycles. The molecule has 0 fully saturated rings. The van der Waals surface area contributed by atoms with Crippen molar-refractivity contribution in [3.8, 4) is 0 Å². The molecule has 1 atom stereocenters. The van der Waals surface area contributed by atoms with Crippen LogP contribution in [0.5, 0.6) is 0 Å². The molecule has 2 N–H and O–H groups in total. The minimum Gasteiger partial charge on any atom is -0.355 e. The molecule has 0 rings (SSSR count). The maximum absolute atomic E-state index is 12.4. The van der Waals surface area contributed by atoms with Crippen LogP contribution in [0.2, 0.25) is 0 Å². The minimum atomic E-state index is -0.796. The van der Waals surface area contributed by atoms with E-state index in [9.17, 15) is 14.4 Å². The number of urea groups is 1. The summed E-state index contributed by atoms with van der Waals surface area (Å²) >= 11 is 0. The number of imide groups is 1. The zero-order valence-electron chi connectivity index (χ0n) is 13.0. The van der Waals surface area contributed by atoms with Crippen molar-refractivity contribution in [1.29, 1.82) is 0 Å². The number of rotatable bonds is 8. The van der Waals surface area contributed by atoms with E-state index in [4.69, 9.17) is 0 Å². The standard InChI is InChI=1S/C14H27N3O3/c1-5-9-16-12(18)11(7-3)13(19)17(10-6-2)14(20)15-8-4/h11H,5-10H2,1-4H3,(H,15,20)(H,16,18). The van der Waals surface area contributed by atoms with Gasteiger partial charge in [0.15, 0.2) is 0 Å². The molecule has 0 radical (unpaired) electrons. The van der Waals surface area contributed by atoms with E-state index in [-0.39, 0.29) is 5.91 Å². The molecule has 0 aliphatic heterocycles. The molecule has 4 amide bonds. The van der Waals surface area contributed by atoms with Crippen molar-refractivity contribution in [2.45, 2.75) is 47.0 Å². The van der Waals surface area contributed by atoms with E-state index in [0.717, 1.165) is 11.3 Å². The highest BCUT2D eigenvalue weighted by Crippen LogP contribution is 2.09. The van der Waals surface area contributed by atoms with Crippen molar-refractivity contribution in [3.63, 3.8) is 0 Å². The van der Waals surface area contributed by atoms with Crippen LogP contribution in [0.25, 0.3) is 0 Å². The number of carbonyl (C=O) groups excluding carboxylic acids is 3. The number of nitrogens with one attached hydrogen (secondary N) is 2. The van der Waals surface area contributed by atoms with Crippen molar-refractivity contribution in [3.05, 3.63) is 0 Å². The van der Waals surface area contributed by atoms with E-state index < -0.39 is 17.9 Å². The molecule has 0 heterocycles. The summed E-state index contributed by atoms with van der Waals surface area (Å²) in [7, 11) is 0. The first-order chi connectivity index (χ1) is 9.53. The summed E-state index contributed by atoms with van der Waals surface area (Å²) < 4.78 is 0. The molecule has 0 saturated heterocycles. The summed E-state index contributed by atoms with van der Waals surface area (Å²) in [5.41, 5.74) is 0. The van der Waals surface area contributed by atoms with Gasteiger partial charge in [0, 0.05) is 19.6 Å². The molecule has 0 aromatic carbocycles. The lowest BCUT2D eigenvalue weighted by molar-refractivity contribution is -0.140. The second-order valence-electron chi connectivity index (χ2n) is 4.58. The Kier molecular flexibility index (Phi) is 9.41.